The zero-order valence-corrected chi connectivity index (χ0v) is 11.2. The second-order valence-corrected chi connectivity index (χ2v) is 4.89. The highest BCUT2D eigenvalue weighted by Crippen LogP contribution is 2.23. The van der Waals surface area contributed by atoms with Gasteiger partial charge in [0.05, 0.1) is 5.02 Å². The highest BCUT2D eigenvalue weighted by Gasteiger charge is 2.08. The molecule has 0 aliphatic rings. The molecule has 1 amide bonds. The number of rotatable bonds is 4. The van der Waals surface area contributed by atoms with Gasteiger partial charge < -0.3 is 10.4 Å². The third-order valence-electron chi connectivity index (χ3n) is 2.10. The average molecular weight is 307 g/mol. The van der Waals surface area contributed by atoms with Crippen molar-refractivity contribution in [3.05, 3.63) is 33.3 Å². The van der Waals surface area contributed by atoms with Crippen LogP contribution in [-0.4, -0.2) is 24.2 Å². The van der Waals surface area contributed by atoms with Gasteiger partial charge in [-0.25, -0.2) is 0 Å². The minimum atomic E-state index is -0.169. The van der Waals surface area contributed by atoms with E-state index in [0.29, 0.717) is 21.6 Å². The van der Waals surface area contributed by atoms with Gasteiger partial charge in [-0.05, 0) is 40.0 Å². The van der Waals surface area contributed by atoms with Gasteiger partial charge in [-0.3, -0.25) is 4.79 Å². The molecule has 0 spiro atoms. The van der Waals surface area contributed by atoms with Crippen LogP contribution in [0.25, 0.3) is 0 Å². The fraction of sp³-hybridized carbons (Fsp3) is 0.364. The summed E-state index contributed by atoms with van der Waals surface area (Å²) in [4.78, 5) is 11.7. The number of nitrogens with one attached hydrogen (secondary N) is 1. The van der Waals surface area contributed by atoms with E-state index in [0.717, 1.165) is 0 Å². The second-order valence-electron chi connectivity index (χ2n) is 3.63. The summed E-state index contributed by atoms with van der Waals surface area (Å²) in [5, 5.41) is 12.1. The molecular weight excluding hydrogens is 293 g/mol. The predicted octanol–water partition coefficient (Wildman–Crippen LogP) is 2.46. The second kappa shape index (κ2) is 6.23. The molecule has 1 aromatic rings. The van der Waals surface area contributed by atoms with Crippen molar-refractivity contribution in [1.29, 1.82) is 0 Å². The molecule has 0 saturated heterocycles. The van der Waals surface area contributed by atoms with Crippen molar-refractivity contribution >= 4 is 33.4 Å². The standard InChI is InChI=1S/C11H13BrClNO2/c1-7(6-15)5-14-11(16)8-2-3-10(13)9(12)4-8/h2-4,7,15H,5-6H2,1H3,(H,14,16). The van der Waals surface area contributed by atoms with E-state index in [1.807, 2.05) is 6.92 Å². The molecule has 0 heterocycles. The first-order valence-electron chi connectivity index (χ1n) is 4.88. The van der Waals surface area contributed by atoms with E-state index in [4.69, 9.17) is 16.7 Å². The minimum absolute atomic E-state index is 0.0553. The molecule has 1 unspecified atom stereocenters. The van der Waals surface area contributed by atoms with Gasteiger partial charge in [-0.15, -0.1) is 0 Å². The van der Waals surface area contributed by atoms with Crippen molar-refractivity contribution in [3.63, 3.8) is 0 Å². The Morgan fingerprint density at radius 3 is 2.88 bits per heavy atom. The smallest absolute Gasteiger partial charge is 0.251 e. The molecule has 0 aliphatic heterocycles. The Hall–Kier alpha value is -0.580. The molecule has 0 bridgehead atoms. The van der Waals surface area contributed by atoms with Crippen LogP contribution in [0.15, 0.2) is 22.7 Å². The van der Waals surface area contributed by atoms with Crippen LogP contribution < -0.4 is 5.32 Å². The van der Waals surface area contributed by atoms with Gasteiger partial charge in [-0.2, -0.15) is 0 Å². The van der Waals surface area contributed by atoms with Crippen molar-refractivity contribution < 1.29 is 9.90 Å². The summed E-state index contributed by atoms with van der Waals surface area (Å²) in [6, 6.07) is 4.99. The van der Waals surface area contributed by atoms with Gasteiger partial charge in [0, 0.05) is 23.2 Å². The third-order valence-corrected chi connectivity index (χ3v) is 3.32. The number of benzene rings is 1. The largest absolute Gasteiger partial charge is 0.396 e. The molecule has 2 N–H and O–H groups in total. The number of aliphatic hydroxyl groups is 1. The molecule has 1 aromatic carbocycles. The van der Waals surface area contributed by atoms with Gasteiger partial charge >= 0.3 is 0 Å². The van der Waals surface area contributed by atoms with Crippen molar-refractivity contribution in [2.75, 3.05) is 13.2 Å². The van der Waals surface area contributed by atoms with Crippen molar-refractivity contribution in [2.45, 2.75) is 6.92 Å². The first-order chi connectivity index (χ1) is 7.54. The third kappa shape index (κ3) is 3.77. The zero-order valence-electron chi connectivity index (χ0n) is 8.84. The van der Waals surface area contributed by atoms with Gasteiger partial charge in [0.15, 0.2) is 0 Å². The monoisotopic (exact) mass is 305 g/mol. The van der Waals surface area contributed by atoms with E-state index in [2.05, 4.69) is 21.2 Å². The number of carbonyl (C=O) groups is 1. The van der Waals surface area contributed by atoms with E-state index in [1.165, 1.54) is 0 Å². The Morgan fingerprint density at radius 2 is 2.31 bits per heavy atom. The first kappa shape index (κ1) is 13.5. The average Bonchev–Trinajstić information content (AvgIpc) is 2.29. The van der Waals surface area contributed by atoms with E-state index in [1.54, 1.807) is 18.2 Å². The number of hydrogen-bond acceptors (Lipinski definition) is 2. The molecule has 5 heteroatoms. The highest BCUT2D eigenvalue weighted by atomic mass is 79.9. The minimum Gasteiger partial charge on any atom is -0.396 e. The lowest BCUT2D eigenvalue weighted by Crippen LogP contribution is -2.29. The fourth-order valence-electron chi connectivity index (χ4n) is 1.07. The normalized spacial score (nSPS) is 12.2. The number of hydrogen-bond donors (Lipinski definition) is 2. The lowest BCUT2D eigenvalue weighted by atomic mass is 10.2. The first-order valence-corrected chi connectivity index (χ1v) is 6.05. The molecule has 16 heavy (non-hydrogen) atoms. The fourth-order valence-corrected chi connectivity index (χ4v) is 1.57. The van der Waals surface area contributed by atoms with Gasteiger partial charge in [-0.1, -0.05) is 18.5 Å². The number of halogens is 2. The van der Waals surface area contributed by atoms with Crippen LogP contribution in [-0.2, 0) is 0 Å². The summed E-state index contributed by atoms with van der Waals surface area (Å²) in [7, 11) is 0. The molecule has 0 radical (unpaired) electrons. The Balaban J connectivity index is 2.63. The lowest BCUT2D eigenvalue weighted by Gasteiger charge is -2.09. The number of carbonyl (C=O) groups excluding carboxylic acids is 1. The molecule has 88 valence electrons. The summed E-state index contributed by atoms with van der Waals surface area (Å²) in [5.74, 6) is -0.114. The Labute approximate surface area is 108 Å². The van der Waals surface area contributed by atoms with E-state index in [-0.39, 0.29) is 18.4 Å². The zero-order chi connectivity index (χ0) is 12.1. The Morgan fingerprint density at radius 1 is 1.62 bits per heavy atom. The molecular formula is C11H13BrClNO2. The molecule has 0 saturated carbocycles. The summed E-state index contributed by atoms with van der Waals surface area (Å²) in [6.07, 6.45) is 0. The van der Waals surface area contributed by atoms with Gasteiger partial charge in [0.25, 0.3) is 5.91 Å². The van der Waals surface area contributed by atoms with Crippen molar-refractivity contribution in [1.82, 2.24) is 5.32 Å². The Kier molecular flexibility index (Phi) is 5.25. The van der Waals surface area contributed by atoms with Gasteiger partial charge in [0.2, 0.25) is 0 Å². The van der Waals surface area contributed by atoms with Crippen LogP contribution in [0.5, 0.6) is 0 Å². The maximum atomic E-state index is 11.7. The van der Waals surface area contributed by atoms with E-state index in [9.17, 15) is 4.79 Å². The number of amides is 1. The Bertz CT molecular complexity index is 384. The van der Waals surface area contributed by atoms with Crippen molar-refractivity contribution in [3.8, 4) is 0 Å². The van der Waals surface area contributed by atoms with Gasteiger partial charge in [0.1, 0.15) is 0 Å². The van der Waals surface area contributed by atoms with E-state index < -0.39 is 0 Å². The summed E-state index contributed by atoms with van der Waals surface area (Å²) >= 11 is 9.08. The predicted molar refractivity (Wildman–Crippen MR) is 67.7 cm³/mol. The molecule has 0 fully saturated rings. The summed E-state index contributed by atoms with van der Waals surface area (Å²) in [6.45, 7) is 2.37. The van der Waals surface area contributed by atoms with Crippen LogP contribution in [0.1, 0.15) is 17.3 Å². The van der Waals surface area contributed by atoms with Crippen LogP contribution in [0.4, 0.5) is 0 Å². The van der Waals surface area contributed by atoms with Crippen LogP contribution >= 0.6 is 27.5 Å². The van der Waals surface area contributed by atoms with E-state index >= 15 is 0 Å². The SMILES string of the molecule is CC(CO)CNC(=O)c1ccc(Cl)c(Br)c1. The topological polar surface area (TPSA) is 49.3 Å². The lowest BCUT2D eigenvalue weighted by molar-refractivity contribution is 0.0942. The maximum absolute atomic E-state index is 11.7. The summed E-state index contributed by atoms with van der Waals surface area (Å²) in [5.41, 5.74) is 0.543. The molecule has 0 aliphatic carbocycles. The van der Waals surface area contributed by atoms with Crippen LogP contribution in [0, 0.1) is 5.92 Å². The molecule has 3 nitrogen and oxygen atoms in total. The van der Waals surface area contributed by atoms with Crippen LogP contribution in [0.3, 0.4) is 0 Å². The van der Waals surface area contributed by atoms with Crippen LogP contribution in [0.2, 0.25) is 5.02 Å². The highest BCUT2D eigenvalue weighted by molar-refractivity contribution is 9.10. The molecule has 0 aromatic heterocycles. The quantitative estimate of drug-likeness (QED) is 0.898. The summed E-state index contributed by atoms with van der Waals surface area (Å²) < 4.78 is 0.692. The number of aliphatic hydroxyl groups excluding tert-OH is 1. The van der Waals surface area contributed by atoms with Crippen molar-refractivity contribution in [2.24, 2.45) is 5.92 Å². The maximum Gasteiger partial charge on any atom is 0.251 e. The molecule has 1 atom stereocenters. The molecule has 1 rings (SSSR count).